The molecule has 0 aliphatic rings. The van der Waals surface area contributed by atoms with Gasteiger partial charge < -0.3 is 24.0 Å². The lowest BCUT2D eigenvalue weighted by Gasteiger charge is -2.17. The van der Waals surface area contributed by atoms with Crippen LogP contribution < -0.4 is 0 Å². The fraction of sp³-hybridized carbons (Fsp3) is 0.385. The first-order valence-electron chi connectivity index (χ1n) is 11.4. The van der Waals surface area contributed by atoms with Gasteiger partial charge in [-0.15, -0.1) is 0 Å². The summed E-state index contributed by atoms with van der Waals surface area (Å²) in [4.78, 5) is 50.5. The molecule has 0 bridgehead atoms. The molecule has 0 aliphatic carbocycles. The second-order valence-corrected chi connectivity index (χ2v) is 7.98. The van der Waals surface area contributed by atoms with Crippen LogP contribution in [0, 0.1) is 0 Å². The largest absolute Gasteiger partial charge is 0.445 e. The average Bonchev–Trinajstić information content (AvgIpc) is 2.86. The van der Waals surface area contributed by atoms with Gasteiger partial charge >= 0.3 is 24.1 Å². The van der Waals surface area contributed by atoms with E-state index in [0.717, 1.165) is 11.1 Å². The molecule has 0 aromatic heterocycles. The summed E-state index contributed by atoms with van der Waals surface area (Å²) in [5.74, 6) is -1.31. The maximum Gasteiger partial charge on any atom is 0.409 e. The van der Waals surface area contributed by atoms with Crippen molar-refractivity contribution in [3.63, 3.8) is 0 Å². The van der Waals surface area contributed by atoms with Crippen LogP contribution in [0.1, 0.15) is 36.8 Å². The highest BCUT2D eigenvalue weighted by molar-refractivity contribution is 5.85. The Morgan fingerprint density at radius 1 is 0.629 bits per heavy atom. The molecule has 188 valence electrons. The molecule has 2 aromatic carbocycles. The van der Waals surface area contributed by atoms with Gasteiger partial charge in [0.2, 0.25) is 0 Å². The van der Waals surface area contributed by atoms with Crippen molar-refractivity contribution in [2.75, 3.05) is 27.2 Å². The summed E-state index contributed by atoms with van der Waals surface area (Å²) >= 11 is 0. The Morgan fingerprint density at radius 2 is 1.00 bits per heavy atom. The lowest BCUT2D eigenvalue weighted by atomic mass is 10.2. The van der Waals surface area contributed by atoms with Gasteiger partial charge in [0.15, 0.2) is 0 Å². The van der Waals surface area contributed by atoms with Gasteiger partial charge in [0.25, 0.3) is 0 Å². The normalized spacial score (nSPS) is 10.2. The van der Waals surface area contributed by atoms with E-state index in [4.69, 9.17) is 14.2 Å². The maximum absolute atomic E-state index is 12.0. The highest BCUT2D eigenvalue weighted by Crippen LogP contribution is 2.06. The van der Waals surface area contributed by atoms with Gasteiger partial charge in [0.1, 0.15) is 13.2 Å². The van der Waals surface area contributed by atoms with E-state index in [2.05, 4.69) is 0 Å². The molecule has 2 aromatic rings. The average molecular weight is 485 g/mol. The quantitative estimate of drug-likeness (QED) is 0.253. The molecule has 2 amide bonds. The highest BCUT2D eigenvalue weighted by atomic mass is 16.6. The van der Waals surface area contributed by atoms with Crippen molar-refractivity contribution in [1.29, 1.82) is 0 Å². The predicted molar refractivity (Wildman–Crippen MR) is 128 cm³/mol. The number of ether oxygens (including phenoxy) is 3. The molecule has 9 heteroatoms. The monoisotopic (exact) mass is 484 g/mol. The van der Waals surface area contributed by atoms with Crippen molar-refractivity contribution in [3.05, 3.63) is 71.8 Å². The Balaban J connectivity index is 1.54. The summed E-state index contributed by atoms with van der Waals surface area (Å²) in [6.07, 6.45) is -0.339. The van der Waals surface area contributed by atoms with Crippen LogP contribution >= 0.6 is 0 Å². The van der Waals surface area contributed by atoms with Gasteiger partial charge in [-0.25, -0.2) is 9.59 Å². The third-order valence-corrected chi connectivity index (χ3v) is 5.01. The van der Waals surface area contributed by atoms with E-state index in [0.29, 0.717) is 12.8 Å². The van der Waals surface area contributed by atoms with Crippen molar-refractivity contribution >= 4 is 24.1 Å². The molecule has 0 heterocycles. The van der Waals surface area contributed by atoms with Crippen LogP contribution in [0.5, 0.6) is 0 Å². The topological polar surface area (TPSA) is 102 Å². The molecule has 0 saturated heterocycles. The van der Waals surface area contributed by atoms with E-state index in [1.54, 1.807) is 14.1 Å². The summed E-state index contributed by atoms with van der Waals surface area (Å²) in [5.41, 5.74) is 1.76. The second-order valence-electron chi connectivity index (χ2n) is 7.98. The fourth-order valence-electron chi connectivity index (χ4n) is 2.99. The highest BCUT2D eigenvalue weighted by Gasteiger charge is 2.15. The number of hydrogen-bond acceptors (Lipinski definition) is 7. The smallest absolute Gasteiger partial charge is 0.409 e. The van der Waals surface area contributed by atoms with E-state index >= 15 is 0 Å². The first-order valence-corrected chi connectivity index (χ1v) is 11.4. The van der Waals surface area contributed by atoms with Gasteiger partial charge in [-0.2, -0.15) is 0 Å². The van der Waals surface area contributed by atoms with E-state index in [-0.39, 0.29) is 39.1 Å². The summed E-state index contributed by atoms with van der Waals surface area (Å²) in [7, 11) is 3.15. The van der Waals surface area contributed by atoms with Crippen LogP contribution in [0.15, 0.2) is 60.7 Å². The number of esters is 2. The van der Waals surface area contributed by atoms with Crippen LogP contribution in [0.25, 0.3) is 0 Å². The SMILES string of the molecule is CN(CCCC(=O)OC(=O)CCCN(C)C(=O)OCc1ccccc1)C(=O)OCc1ccccc1. The van der Waals surface area contributed by atoms with Crippen molar-refractivity contribution in [2.24, 2.45) is 0 Å². The molecule has 35 heavy (non-hydrogen) atoms. The third kappa shape index (κ3) is 11.2. The van der Waals surface area contributed by atoms with Crippen LogP contribution in [0.3, 0.4) is 0 Å². The zero-order chi connectivity index (χ0) is 25.5. The number of carbonyl (C=O) groups excluding carboxylic acids is 4. The minimum absolute atomic E-state index is 0.00619. The zero-order valence-corrected chi connectivity index (χ0v) is 20.2. The fourth-order valence-corrected chi connectivity index (χ4v) is 2.99. The summed E-state index contributed by atoms with van der Waals surface area (Å²) in [5, 5.41) is 0. The summed E-state index contributed by atoms with van der Waals surface area (Å²) < 4.78 is 15.2. The molecular formula is C26H32N2O7. The lowest BCUT2D eigenvalue weighted by Crippen LogP contribution is -2.29. The van der Waals surface area contributed by atoms with E-state index in [9.17, 15) is 19.2 Å². The minimum atomic E-state index is -0.656. The second kappa shape index (κ2) is 15.1. The zero-order valence-electron chi connectivity index (χ0n) is 20.2. The van der Waals surface area contributed by atoms with Gasteiger partial charge in [0, 0.05) is 40.0 Å². The van der Waals surface area contributed by atoms with Crippen LogP contribution in [0.4, 0.5) is 9.59 Å². The number of carbonyl (C=O) groups is 4. The van der Waals surface area contributed by atoms with Gasteiger partial charge in [-0.3, -0.25) is 9.59 Å². The lowest BCUT2D eigenvalue weighted by molar-refractivity contribution is -0.159. The van der Waals surface area contributed by atoms with Crippen LogP contribution in [-0.2, 0) is 37.0 Å². The number of rotatable bonds is 12. The Morgan fingerprint density at radius 3 is 1.37 bits per heavy atom. The number of benzene rings is 2. The number of nitrogens with zero attached hydrogens (tertiary/aromatic N) is 2. The predicted octanol–water partition coefficient (Wildman–Crippen LogP) is 4.15. The minimum Gasteiger partial charge on any atom is -0.445 e. The number of amides is 2. The molecule has 0 spiro atoms. The van der Waals surface area contributed by atoms with Crippen molar-refractivity contribution in [2.45, 2.75) is 38.9 Å². The molecule has 2 rings (SSSR count). The van der Waals surface area contributed by atoms with E-state index in [1.807, 2.05) is 60.7 Å². The van der Waals surface area contributed by atoms with Crippen molar-refractivity contribution in [3.8, 4) is 0 Å². The maximum atomic E-state index is 12.0. The Kier molecular flexibility index (Phi) is 11.8. The molecular weight excluding hydrogens is 452 g/mol. The van der Waals surface area contributed by atoms with Crippen molar-refractivity contribution in [1.82, 2.24) is 9.80 Å². The van der Waals surface area contributed by atoms with E-state index < -0.39 is 24.1 Å². The summed E-state index contributed by atoms with van der Waals surface area (Å²) in [6.45, 7) is 0.903. The van der Waals surface area contributed by atoms with E-state index in [1.165, 1.54) is 9.80 Å². The summed E-state index contributed by atoms with van der Waals surface area (Å²) in [6, 6.07) is 18.6. The molecule has 9 nitrogen and oxygen atoms in total. The van der Waals surface area contributed by atoms with Crippen molar-refractivity contribution < 1.29 is 33.4 Å². The number of hydrogen-bond donors (Lipinski definition) is 0. The first kappa shape index (κ1) is 27.4. The molecule has 0 saturated carbocycles. The molecule has 0 N–H and O–H groups in total. The third-order valence-electron chi connectivity index (χ3n) is 5.01. The first-order chi connectivity index (χ1) is 16.8. The standard InChI is InChI=1S/C26H32N2O7/c1-27(25(31)33-19-21-11-5-3-6-12-21)17-9-15-23(29)35-24(30)16-10-18-28(2)26(32)34-20-22-13-7-4-8-14-22/h3-8,11-14H,9-10,15-20H2,1-2H3. The van der Waals surface area contributed by atoms with Crippen LogP contribution in [0.2, 0.25) is 0 Å². The molecule has 0 aliphatic heterocycles. The molecule has 0 unspecified atom stereocenters. The van der Waals surface area contributed by atoms with Crippen LogP contribution in [-0.4, -0.2) is 61.1 Å². The molecule has 0 atom stereocenters. The Hall–Kier alpha value is -3.88. The van der Waals surface area contributed by atoms with Gasteiger partial charge in [0.05, 0.1) is 0 Å². The van der Waals surface area contributed by atoms with Gasteiger partial charge in [-0.05, 0) is 24.0 Å². The molecule has 0 radical (unpaired) electrons. The Labute approximate surface area is 205 Å². The Bertz CT molecular complexity index is 873. The van der Waals surface area contributed by atoms with Gasteiger partial charge in [-0.1, -0.05) is 60.7 Å². The molecule has 0 fully saturated rings.